The SMILES string of the molecule is COC(=O)C1=CO[C@H](O[C@@H]2O[C@H](COC(C)=O)[C@@H](O)[C@H](O)[C@H]2O)[C@@H]([C@H](C)OC(C)=O)[C@@H]1CC(=O)O. The summed E-state index contributed by atoms with van der Waals surface area (Å²) in [5.41, 5.74) is -0.146. The monoisotopic (exact) mass is 506 g/mol. The van der Waals surface area contributed by atoms with Crippen molar-refractivity contribution in [1.29, 1.82) is 0 Å². The van der Waals surface area contributed by atoms with Gasteiger partial charge >= 0.3 is 23.9 Å². The maximum absolute atomic E-state index is 12.3. The fourth-order valence-electron chi connectivity index (χ4n) is 3.98. The number of hydrogen-bond acceptors (Lipinski definition) is 13. The summed E-state index contributed by atoms with van der Waals surface area (Å²) in [6.45, 7) is 3.22. The van der Waals surface area contributed by atoms with E-state index < -0.39 is 91.8 Å². The van der Waals surface area contributed by atoms with Crippen molar-refractivity contribution in [3.63, 3.8) is 0 Å². The van der Waals surface area contributed by atoms with E-state index in [0.717, 1.165) is 27.2 Å². The first-order chi connectivity index (χ1) is 16.4. The number of carboxylic acid groups (broad SMARTS) is 1. The van der Waals surface area contributed by atoms with Gasteiger partial charge in [0.05, 0.1) is 31.3 Å². The quantitative estimate of drug-likeness (QED) is 0.206. The Balaban J connectivity index is 2.37. The molecule has 0 spiro atoms. The average molecular weight is 506 g/mol. The van der Waals surface area contributed by atoms with Crippen LogP contribution in [0.4, 0.5) is 0 Å². The molecule has 0 aliphatic carbocycles. The molecular formula is C21H30O14. The summed E-state index contributed by atoms with van der Waals surface area (Å²) in [4.78, 5) is 46.6. The van der Waals surface area contributed by atoms with Gasteiger partial charge < -0.3 is 48.8 Å². The molecule has 14 heteroatoms. The van der Waals surface area contributed by atoms with Crippen LogP contribution in [0.15, 0.2) is 11.8 Å². The Bertz CT molecular complexity index is 825. The van der Waals surface area contributed by atoms with E-state index in [0.29, 0.717) is 0 Å². The molecule has 14 nitrogen and oxygen atoms in total. The van der Waals surface area contributed by atoms with Gasteiger partial charge in [0, 0.05) is 19.8 Å². The van der Waals surface area contributed by atoms with Crippen molar-refractivity contribution in [3.05, 3.63) is 11.8 Å². The zero-order valence-electron chi connectivity index (χ0n) is 19.6. The Kier molecular flexibility index (Phi) is 9.97. The fourth-order valence-corrected chi connectivity index (χ4v) is 3.98. The molecular weight excluding hydrogens is 476 g/mol. The maximum Gasteiger partial charge on any atom is 0.337 e. The lowest BCUT2D eigenvalue weighted by molar-refractivity contribution is -0.345. The van der Waals surface area contributed by atoms with Gasteiger partial charge in [-0.05, 0) is 6.92 Å². The van der Waals surface area contributed by atoms with E-state index in [2.05, 4.69) is 0 Å². The molecule has 0 amide bonds. The highest BCUT2D eigenvalue weighted by molar-refractivity contribution is 5.89. The summed E-state index contributed by atoms with van der Waals surface area (Å²) >= 11 is 0. The highest BCUT2D eigenvalue weighted by Crippen LogP contribution is 2.39. The van der Waals surface area contributed by atoms with Crippen LogP contribution in [-0.4, -0.2) is 101 Å². The molecule has 2 aliphatic rings. The molecule has 2 rings (SSSR count). The molecule has 0 aromatic rings. The lowest BCUT2D eigenvalue weighted by atomic mass is 9.78. The summed E-state index contributed by atoms with van der Waals surface area (Å²) in [5.74, 6) is -5.75. The van der Waals surface area contributed by atoms with E-state index in [1.807, 2.05) is 0 Å². The van der Waals surface area contributed by atoms with E-state index in [9.17, 15) is 39.6 Å². The van der Waals surface area contributed by atoms with E-state index in [-0.39, 0.29) is 5.57 Å². The summed E-state index contributed by atoms with van der Waals surface area (Å²) in [7, 11) is 1.09. The predicted octanol–water partition coefficient (Wildman–Crippen LogP) is -1.55. The number of aliphatic carboxylic acids is 1. The van der Waals surface area contributed by atoms with Gasteiger partial charge in [-0.15, -0.1) is 0 Å². The standard InChI is InChI=1S/C21H30O14/c1-8(33-10(3)23)15-11(5-14(24)25)12(19(29)30-4)6-32-20(15)35-21-18(28)17(27)16(26)13(34-21)7-31-9(2)22/h6,8,11,13,15-18,20-21,26-28H,5,7H2,1-4H3,(H,24,25)/t8-,11+,13+,15-,16+,17-,18+,20+,21-/m0/s1. The van der Waals surface area contributed by atoms with Gasteiger partial charge in [0.1, 0.15) is 37.1 Å². The second-order valence-electron chi connectivity index (χ2n) is 8.12. The van der Waals surface area contributed by atoms with E-state index in [1.165, 1.54) is 6.92 Å². The molecule has 0 aromatic carbocycles. The summed E-state index contributed by atoms with van der Waals surface area (Å²) in [5, 5.41) is 40.2. The maximum atomic E-state index is 12.3. The zero-order valence-corrected chi connectivity index (χ0v) is 19.6. The number of esters is 3. The molecule has 2 aliphatic heterocycles. The number of aliphatic hydroxyl groups excluding tert-OH is 3. The average Bonchev–Trinajstić information content (AvgIpc) is 2.77. The van der Waals surface area contributed by atoms with Crippen LogP contribution in [0.3, 0.4) is 0 Å². The van der Waals surface area contributed by atoms with Crippen LogP contribution in [0.2, 0.25) is 0 Å². The molecule has 1 fully saturated rings. The Morgan fingerprint density at radius 1 is 1.03 bits per heavy atom. The molecule has 2 heterocycles. The fraction of sp³-hybridized carbons (Fsp3) is 0.714. The minimum absolute atomic E-state index is 0.146. The van der Waals surface area contributed by atoms with Gasteiger partial charge in [-0.1, -0.05) is 0 Å². The third-order valence-electron chi connectivity index (χ3n) is 5.60. The van der Waals surface area contributed by atoms with Gasteiger partial charge in [0.2, 0.25) is 6.29 Å². The minimum atomic E-state index is -1.80. The lowest BCUT2D eigenvalue weighted by Crippen LogP contribution is -2.61. The van der Waals surface area contributed by atoms with E-state index >= 15 is 0 Å². The summed E-state index contributed by atoms with van der Waals surface area (Å²) in [6, 6.07) is 0. The number of rotatable bonds is 9. The van der Waals surface area contributed by atoms with Crippen molar-refractivity contribution in [3.8, 4) is 0 Å². The van der Waals surface area contributed by atoms with Gasteiger partial charge in [-0.25, -0.2) is 4.79 Å². The molecule has 0 bridgehead atoms. The Hall–Kier alpha value is -2.78. The molecule has 4 N–H and O–H groups in total. The van der Waals surface area contributed by atoms with Crippen molar-refractivity contribution in [2.45, 2.75) is 70.3 Å². The number of ether oxygens (including phenoxy) is 6. The van der Waals surface area contributed by atoms with Crippen LogP contribution in [0, 0.1) is 11.8 Å². The lowest BCUT2D eigenvalue weighted by Gasteiger charge is -2.44. The third-order valence-corrected chi connectivity index (χ3v) is 5.60. The van der Waals surface area contributed by atoms with Crippen LogP contribution in [-0.2, 0) is 47.6 Å². The first kappa shape index (κ1) is 28.5. The largest absolute Gasteiger partial charge is 0.481 e. The normalized spacial score (nSPS) is 33.5. The van der Waals surface area contributed by atoms with E-state index in [4.69, 9.17) is 28.4 Å². The molecule has 0 aromatic heterocycles. The van der Waals surface area contributed by atoms with Crippen LogP contribution in [0.1, 0.15) is 27.2 Å². The van der Waals surface area contributed by atoms with Crippen LogP contribution >= 0.6 is 0 Å². The topological polar surface area (TPSA) is 205 Å². The van der Waals surface area contributed by atoms with Crippen LogP contribution < -0.4 is 0 Å². The first-order valence-corrected chi connectivity index (χ1v) is 10.7. The Labute approximate surface area is 200 Å². The Morgan fingerprint density at radius 3 is 2.23 bits per heavy atom. The van der Waals surface area contributed by atoms with Crippen molar-refractivity contribution in [2.24, 2.45) is 11.8 Å². The van der Waals surface area contributed by atoms with Gasteiger partial charge in [0.15, 0.2) is 6.29 Å². The summed E-state index contributed by atoms with van der Waals surface area (Å²) in [6.07, 6.45) is -10.3. The predicted molar refractivity (Wildman–Crippen MR) is 110 cm³/mol. The zero-order chi connectivity index (χ0) is 26.4. The van der Waals surface area contributed by atoms with Crippen molar-refractivity contribution >= 4 is 23.9 Å². The molecule has 9 atom stereocenters. The van der Waals surface area contributed by atoms with Gasteiger partial charge in [0.25, 0.3) is 0 Å². The summed E-state index contributed by atoms with van der Waals surface area (Å²) < 4.78 is 31.4. The smallest absolute Gasteiger partial charge is 0.337 e. The first-order valence-electron chi connectivity index (χ1n) is 10.7. The molecule has 0 saturated carbocycles. The second-order valence-corrected chi connectivity index (χ2v) is 8.12. The minimum Gasteiger partial charge on any atom is -0.481 e. The molecule has 0 unspecified atom stereocenters. The molecule has 198 valence electrons. The Morgan fingerprint density at radius 2 is 1.69 bits per heavy atom. The number of carbonyl (C=O) groups is 4. The van der Waals surface area contributed by atoms with Gasteiger partial charge in [-0.2, -0.15) is 0 Å². The molecule has 1 saturated heterocycles. The van der Waals surface area contributed by atoms with Crippen molar-refractivity contribution in [2.75, 3.05) is 13.7 Å². The number of carboxylic acids is 1. The van der Waals surface area contributed by atoms with E-state index in [1.54, 1.807) is 0 Å². The number of methoxy groups -OCH3 is 1. The van der Waals surface area contributed by atoms with Crippen molar-refractivity contribution < 1.29 is 68.0 Å². The van der Waals surface area contributed by atoms with Crippen LogP contribution in [0.25, 0.3) is 0 Å². The molecule has 35 heavy (non-hydrogen) atoms. The highest BCUT2D eigenvalue weighted by Gasteiger charge is 2.50. The van der Waals surface area contributed by atoms with Gasteiger partial charge in [-0.3, -0.25) is 14.4 Å². The number of aliphatic hydroxyl groups is 3. The molecule has 0 radical (unpaired) electrons. The highest BCUT2D eigenvalue weighted by atomic mass is 16.8. The third kappa shape index (κ3) is 7.11. The number of carbonyl (C=O) groups excluding carboxylic acids is 3. The van der Waals surface area contributed by atoms with Crippen LogP contribution in [0.5, 0.6) is 0 Å². The number of hydrogen-bond donors (Lipinski definition) is 4. The van der Waals surface area contributed by atoms with Crippen molar-refractivity contribution in [1.82, 2.24) is 0 Å². The second kappa shape index (κ2) is 12.3.